The van der Waals surface area contributed by atoms with Gasteiger partial charge in [-0.3, -0.25) is 0 Å². The Balaban J connectivity index is 1.10. The second-order valence-corrected chi connectivity index (χ2v) is 14.6. The van der Waals surface area contributed by atoms with Crippen molar-refractivity contribution in [2.75, 3.05) is 0 Å². The van der Waals surface area contributed by atoms with Crippen molar-refractivity contribution in [1.29, 1.82) is 0 Å². The molecule has 0 aliphatic heterocycles. The number of hydrogen-bond acceptors (Lipinski definition) is 2. The highest BCUT2D eigenvalue weighted by atomic mass is 16.3. The summed E-state index contributed by atoms with van der Waals surface area (Å²) in [5.41, 5.74) is 9.54. The van der Waals surface area contributed by atoms with Gasteiger partial charge in [0.15, 0.2) is 0 Å². The lowest BCUT2D eigenvalue weighted by Gasteiger charge is -2.17. The number of rotatable bonds is 3. The van der Waals surface area contributed by atoms with E-state index in [4.69, 9.17) is 9.40 Å². The van der Waals surface area contributed by atoms with Crippen molar-refractivity contribution in [3.05, 3.63) is 188 Å². The van der Waals surface area contributed by atoms with Crippen LogP contribution in [0, 0.1) is 0 Å². The van der Waals surface area contributed by atoms with Crippen molar-refractivity contribution in [1.82, 2.24) is 4.98 Å². The maximum absolute atomic E-state index is 6.79. The minimum atomic E-state index is 0.911. The summed E-state index contributed by atoms with van der Waals surface area (Å²) in [5, 5.41) is 15.5. The smallest absolute Gasteiger partial charge is 0.143 e. The van der Waals surface area contributed by atoms with Crippen molar-refractivity contribution in [2.45, 2.75) is 0 Å². The minimum absolute atomic E-state index is 0.911. The zero-order valence-electron chi connectivity index (χ0n) is 29.8. The van der Waals surface area contributed by atoms with E-state index in [0.717, 1.165) is 55.4 Å². The van der Waals surface area contributed by atoms with E-state index in [-0.39, 0.29) is 0 Å². The van der Waals surface area contributed by atoms with Gasteiger partial charge in [-0.25, -0.2) is 4.98 Å². The molecule has 0 atom stereocenters. The molecular formula is C53H31NO. The molecule has 2 heteroatoms. The zero-order valence-corrected chi connectivity index (χ0v) is 29.8. The molecule has 0 radical (unpaired) electrons. The fraction of sp³-hybridized carbons (Fsp3) is 0. The van der Waals surface area contributed by atoms with Crippen LogP contribution in [0.1, 0.15) is 0 Å². The molecule has 2 aromatic heterocycles. The van der Waals surface area contributed by atoms with Crippen molar-refractivity contribution in [3.63, 3.8) is 0 Å². The molecule has 0 unspecified atom stereocenters. The first-order valence-electron chi connectivity index (χ1n) is 18.9. The van der Waals surface area contributed by atoms with Crippen LogP contribution in [-0.4, -0.2) is 4.98 Å². The molecule has 0 saturated carbocycles. The van der Waals surface area contributed by atoms with Crippen molar-refractivity contribution in [3.8, 4) is 33.5 Å². The Labute approximate surface area is 316 Å². The highest BCUT2D eigenvalue weighted by Crippen LogP contribution is 2.45. The van der Waals surface area contributed by atoms with Gasteiger partial charge < -0.3 is 4.42 Å². The Morgan fingerprint density at radius 1 is 0.327 bits per heavy atom. The summed E-state index contributed by atoms with van der Waals surface area (Å²) in [7, 11) is 0. The number of furan rings is 1. The summed E-state index contributed by atoms with van der Waals surface area (Å²) in [6.07, 6.45) is 0. The average Bonchev–Trinajstić information content (AvgIpc) is 3.63. The minimum Gasteiger partial charge on any atom is -0.455 e. The maximum Gasteiger partial charge on any atom is 0.143 e. The maximum atomic E-state index is 6.79. The second-order valence-electron chi connectivity index (χ2n) is 14.6. The third-order valence-corrected chi connectivity index (χ3v) is 11.6. The molecule has 55 heavy (non-hydrogen) atoms. The predicted octanol–water partition coefficient (Wildman–Crippen LogP) is 14.9. The molecule has 12 rings (SSSR count). The summed E-state index contributed by atoms with van der Waals surface area (Å²) in [5.74, 6) is 0. The Kier molecular flexibility index (Phi) is 6.37. The molecule has 12 aromatic rings. The number of pyridine rings is 1. The molecule has 0 fully saturated rings. The first-order valence-corrected chi connectivity index (χ1v) is 18.9. The van der Waals surface area contributed by atoms with E-state index in [1.54, 1.807) is 0 Å². The molecule has 2 nitrogen and oxygen atoms in total. The Morgan fingerprint density at radius 3 is 1.73 bits per heavy atom. The van der Waals surface area contributed by atoms with Crippen LogP contribution < -0.4 is 0 Å². The normalized spacial score (nSPS) is 12.0. The highest BCUT2D eigenvalue weighted by molar-refractivity contribution is 6.28. The first-order chi connectivity index (χ1) is 27.3. The summed E-state index contributed by atoms with van der Waals surface area (Å²) >= 11 is 0. The summed E-state index contributed by atoms with van der Waals surface area (Å²) in [4.78, 5) is 5.48. The lowest BCUT2D eigenvalue weighted by atomic mass is 9.88. The summed E-state index contributed by atoms with van der Waals surface area (Å²) in [6, 6.07) is 67.9. The van der Waals surface area contributed by atoms with Gasteiger partial charge in [-0.2, -0.15) is 0 Å². The molecule has 10 aromatic carbocycles. The molecule has 0 amide bonds. The Bertz CT molecular complexity index is 3520. The lowest BCUT2D eigenvalue weighted by molar-refractivity contribution is 0.671. The van der Waals surface area contributed by atoms with Gasteiger partial charge >= 0.3 is 0 Å². The van der Waals surface area contributed by atoms with E-state index in [1.807, 2.05) is 0 Å². The number of aromatic nitrogens is 1. The molecule has 0 spiro atoms. The SMILES string of the molecule is c1ccc(-c2nc3c4ccccc4ccc3c3c2cc(-c2ccc(-c4cc5ccccc5c5c4oc4cc6ccccc6cc45)cc2)c2ccccc23)cc1. The predicted molar refractivity (Wildman–Crippen MR) is 233 cm³/mol. The zero-order chi connectivity index (χ0) is 36.0. The molecule has 0 aliphatic carbocycles. The standard InChI is InChI=1S/C53H31NO/c1-2-13-35(14-3-1)51-47-31-44(41-20-10-11-21-42(41)49(47)43-27-26-32-12-6-9-19-40(32)52(43)54-51)33-22-24-34(25-23-33)45-29-38-17-7-8-18-39(38)50-46-28-36-15-4-5-16-37(36)30-48(46)55-53(45)50/h1-31H. The fourth-order valence-corrected chi connectivity index (χ4v) is 9.01. The van der Waals surface area contributed by atoms with Crippen LogP contribution >= 0.6 is 0 Å². The van der Waals surface area contributed by atoms with E-state index in [0.29, 0.717) is 0 Å². The van der Waals surface area contributed by atoms with E-state index < -0.39 is 0 Å². The van der Waals surface area contributed by atoms with Gasteiger partial charge in [0.25, 0.3) is 0 Å². The van der Waals surface area contributed by atoms with E-state index in [9.17, 15) is 0 Å². The second kappa shape index (κ2) is 11.6. The number of nitrogens with zero attached hydrogens (tertiary/aromatic N) is 1. The first kappa shape index (κ1) is 30.2. The largest absolute Gasteiger partial charge is 0.455 e. The number of fused-ring (bicyclic) bond motifs is 13. The molecule has 0 aliphatic rings. The van der Waals surface area contributed by atoms with Crippen LogP contribution in [-0.2, 0) is 0 Å². The molecule has 0 saturated heterocycles. The van der Waals surface area contributed by atoms with Gasteiger partial charge in [0.05, 0.1) is 11.2 Å². The van der Waals surface area contributed by atoms with Crippen LogP contribution in [0.15, 0.2) is 192 Å². The third kappa shape index (κ3) is 4.52. The Morgan fingerprint density at radius 2 is 0.945 bits per heavy atom. The third-order valence-electron chi connectivity index (χ3n) is 11.6. The van der Waals surface area contributed by atoms with Gasteiger partial charge in [0.2, 0.25) is 0 Å². The fourth-order valence-electron chi connectivity index (χ4n) is 9.01. The molecule has 0 N–H and O–H groups in total. The van der Waals surface area contributed by atoms with Gasteiger partial charge in [-0.1, -0.05) is 164 Å². The monoisotopic (exact) mass is 697 g/mol. The highest BCUT2D eigenvalue weighted by Gasteiger charge is 2.20. The van der Waals surface area contributed by atoms with E-state index in [1.165, 1.54) is 64.8 Å². The average molecular weight is 698 g/mol. The summed E-state index contributed by atoms with van der Waals surface area (Å²) < 4.78 is 6.79. The summed E-state index contributed by atoms with van der Waals surface area (Å²) in [6.45, 7) is 0. The number of benzene rings is 10. The van der Waals surface area contributed by atoms with Gasteiger partial charge in [0, 0.05) is 43.4 Å². The van der Waals surface area contributed by atoms with E-state index in [2.05, 4.69) is 188 Å². The topological polar surface area (TPSA) is 26.0 Å². The van der Waals surface area contributed by atoms with Crippen LogP contribution in [0.3, 0.4) is 0 Å². The Hall–Kier alpha value is -7.29. The van der Waals surface area contributed by atoms with Gasteiger partial charge in [-0.15, -0.1) is 0 Å². The lowest BCUT2D eigenvalue weighted by Crippen LogP contribution is -1.93. The molecule has 2 heterocycles. The van der Waals surface area contributed by atoms with Crippen LogP contribution in [0.2, 0.25) is 0 Å². The van der Waals surface area contributed by atoms with Gasteiger partial charge in [0.1, 0.15) is 11.2 Å². The van der Waals surface area contributed by atoms with Gasteiger partial charge in [-0.05, 0) is 78.7 Å². The molecule has 0 bridgehead atoms. The number of hydrogen-bond donors (Lipinski definition) is 0. The molecule has 254 valence electrons. The quantitative estimate of drug-likeness (QED) is 0.172. The van der Waals surface area contributed by atoms with Crippen LogP contribution in [0.4, 0.5) is 0 Å². The van der Waals surface area contributed by atoms with Crippen molar-refractivity contribution >= 4 is 86.7 Å². The van der Waals surface area contributed by atoms with E-state index >= 15 is 0 Å². The van der Waals surface area contributed by atoms with Crippen LogP contribution in [0.5, 0.6) is 0 Å². The van der Waals surface area contributed by atoms with Crippen molar-refractivity contribution < 1.29 is 4.42 Å². The van der Waals surface area contributed by atoms with Crippen LogP contribution in [0.25, 0.3) is 120 Å². The van der Waals surface area contributed by atoms with Crippen molar-refractivity contribution in [2.24, 2.45) is 0 Å². The molecular weight excluding hydrogens is 667 g/mol.